The summed E-state index contributed by atoms with van der Waals surface area (Å²) in [6.45, 7) is 2.23. The fourth-order valence-corrected chi connectivity index (χ4v) is 2.00. The molecule has 0 spiro atoms. The molecule has 0 aliphatic heterocycles. The van der Waals surface area contributed by atoms with Gasteiger partial charge in [-0.1, -0.05) is 0 Å². The lowest BCUT2D eigenvalue weighted by molar-refractivity contribution is 0.0996. The van der Waals surface area contributed by atoms with E-state index < -0.39 is 5.60 Å². The molecule has 1 aromatic heterocycles. The Labute approximate surface area is 94.0 Å². The number of aliphatic hydroxyl groups is 1. The normalized spacial score (nSPS) is 14.9. The third-order valence-corrected chi connectivity index (χ3v) is 2.86. The molecule has 1 atom stereocenters. The molecule has 6 heteroatoms. The molecule has 0 saturated heterocycles. The largest absolute Gasteiger partial charge is 0.394 e. The van der Waals surface area contributed by atoms with Gasteiger partial charge in [0, 0.05) is 25.5 Å². The molecule has 5 nitrogen and oxygen atoms in total. The van der Waals surface area contributed by atoms with Crippen LogP contribution in [-0.2, 0) is 7.05 Å². The number of aromatic nitrogens is 2. The summed E-state index contributed by atoms with van der Waals surface area (Å²) in [4.78, 5) is 0. The highest BCUT2D eigenvalue weighted by atomic mass is 32.2. The van der Waals surface area contributed by atoms with Crippen molar-refractivity contribution < 1.29 is 5.11 Å². The molecule has 0 aliphatic carbocycles. The van der Waals surface area contributed by atoms with E-state index >= 15 is 0 Å². The number of nitrogen functional groups attached to an aromatic ring is 1. The second kappa shape index (κ2) is 4.76. The van der Waals surface area contributed by atoms with E-state index in [2.05, 4.69) is 10.4 Å². The van der Waals surface area contributed by atoms with Gasteiger partial charge in [-0.05, 0) is 13.2 Å². The molecular formula is C9H18N4OS. The molecule has 0 aliphatic rings. The maximum atomic E-state index is 9.91. The average molecular weight is 230 g/mol. The SMILES string of the molecule is CSCC(C)(O)CNc1nn(C)cc1N. The van der Waals surface area contributed by atoms with E-state index in [9.17, 15) is 5.11 Å². The molecule has 0 radical (unpaired) electrons. The third-order valence-electron chi connectivity index (χ3n) is 1.95. The van der Waals surface area contributed by atoms with E-state index in [4.69, 9.17) is 5.73 Å². The van der Waals surface area contributed by atoms with Gasteiger partial charge in [-0.3, -0.25) is 4.68 Å². The monoisotopic (exact) mass is 230 g/mol. The molecule has 1 aromatic rings. The summed E-state index contributed by atoms with van der Waals surface area (Å²) in [6.07, 6.45) is 3.69. The van der Waals surface area contributed by atoms with Crippen molar-refractivity contribution in [3.05, 3.63) is 6.20 Å². The molecule has 0 saturated carbocycles. The van der Waals surface area contributed by atoms with E-state index in [0.717, 1.165) is 0 Å². The minimum atomic E-state index is -0.747. The number of rotatable bonds is 5. The zero-order valence-corrected chi connectivity index (χ0v) is 10.1. The van der Waals surface area contributed by atoms with Crippen LogP contribution in [0.4, 0.5) is 11.5 Å². The Morgan fingerprint density at radius 2 is 2.40 bits per heavy atom. The summed E-state index contributed by atoms with van der Waals surface area (Å²) in [6, 6.07) is 0. The fraction of sp³-hybridized carbons (Fsp3) is 0.667. The van der Waals surface area contributed by atoms with Crippen LogP contribution < -0.4 is 11.1 Å². The first-order valence-electron chi connectivity index (χ1n) is 4.69. The van der Waals surface area contributed by atoms with Crippen LogP contribution in [-0.4, -0.2) is 39.0 Å². The van der Waals surface area contributed by atoms with Crippen molar-refractivity contribution in [2.75, 3.05) is 29.6 Å². The molecule has 15 heavy (non-hydrogen) atoms. The standard InChI is InChI=1S/C9H18N4OS/c1-9(14,6-15-3)5-11-8-7(10)4-13(2)12-8/h4,14H,5-6,10H2,1-3H3,(H,11,12). The van der Waals surface area contributed by atoms with Crippen molar-refractivity contribution in [3.63, 3.8) is 0 Å². The smallest absolute Gasteiger partial charge is 0.171 e. The Kier molecular flexibility index (Phi) is 3.87. The van der Waals surface area contributed by atoms with Gasteiger partial charge in [0.2, 0.25) is 0 Å². The van der Waals surface area contributed by atoms with Crippen molar-refractivity contribution in [2.45, 2.75) is 12.5 Å². The molecule has 1 rings (SSSR count). The number of hydrogen-bond donors (Lipinski definition) is 3. The minimum Gasteiger partial charge on any atom is -0.394 e. The molecule has 0 amide bonds. The topological polar surface area (TPSA) is 76.1 Å². The van der Waals surface area contributed by atoms with E-state index in [1.807, 2.05) is 13.3 Å². The van der Waals surface area contributed by atoms with Crippen molar-refractivity contribution in [1.82, 2.24) is 9.78 Å². The van der Waals surface area contributed by atoms with Gasteiger partial charge in [-0.25, -0.2) is 0 Å². The van der Waals surface area contributed by atoms with Crippen molar-refractivity contribution in [3.8, 4) is 0 Å². The number of hydrogen-bond acceptors (Lipinski definition) is 5. The number of nitrogens with zero attached hydrogens (tertiary/aromatic N) is 2. The van der Waals surface area contributed by atoms with Crippen molar-refractivity contribution in [1.29, 1.82) is 0 Å². The summed E-state index contributed by atoms with van der Waals surface area (Å²) in [5.41, 5.74) is 5.56. The van der Waals surface area contributed by atoms with E-state index in [1.165, 1.54) is 0 Å². The first-order chi connectivity index (χ1) is 6.94. The number of aryl methyl sites for hydroxylation is 1. The van der Waals surface area contributed by atoms with Crippen LogP contribution in [0.3, 0.4) is 0 Å². The predicted octanol–water partition coefficient (Wildman–Crippen LogP) is 0.528. The van der Waals surface area contributed by atoms with E-state index in [0.29, 0.717) is 23.8 Å². The lowest BCUT2D eigenvalue weighted by Crippen LogP contribution is -2.36. The van der Waals surface area contributed by atoms with Crippen LogP contribution in [0.25, 0.3) is 0 Å². The highest BCUT2D eigenvalue weighted by Gasteiger charge is 2.20. The highest BCUT2D eigenvalue weighted by molar-refractivity contribution is 7.98. The van der Waals surface area contributed by atoms with Crippen molar-refractivity contribution in [2.24, 2.45) is 7.05 Å². The van der Waals surface area contributed by atoms with Gasteiger partial charge in [-0.15, -0.1) is 0 Å². The van der Waals surface area contributed by atoms with Crippen LogP contribution in [0.15, 0.2) is 6.20 Å². The Morgan fingerprint density at radius 3 is 2.87 bits per heavy atom. The molecule has 0 bridgehead atoms. The van der Waals surface area contributed by atoms with E-state index in [-0.39, 0.29) is 0 Å². The lowest BCUT2D eigenvalue weighted by atomic mass is 10.1. The van der Waals surface area contributed by atoms with Gasteiger partial charge in [-0.2, -0.15) is 16.9 Å². The van der Waals surface area contributed by atoms with E-state index in [1.54, 1.807) is 29.6 Å². The molecule has 1 heterocycles. The minimum absolute atomic E-state index is 0.440. The fourth-order valence-electron chi connectivity index (χ4n) is 1.28. The first-order valence-corrected chi connectivity index (χ1v) is 6.08. The summed E-state index contributed by atoms with van der Waals surface area (Å²) in [7, 11) is 1.81. The van der Waals surface area contributed by atoms with Crippen LogP contribution in [0.5, 0.6) is 0 Å². The highest BCUT2D eigenvalue weighted by Crippen LogP contribution is 2.17. The lowest BCUT2D eigenvalue weighted by Gasteiger charge is -2.22. The zero-order valence-electron chi connectivity index (χ0n) is 9.32. The van der Waals surface area contributed by atoms with Crippen LogP contribution >= 0.6 is 11.8 Å². The van der Waals surface area contributed by atoms with Gasteiger partial charge in [0.25, 0.3) is 0 Å². The third kappa shape index (κ3) is 3.64. The van der Waals surface area contributed by atoms with Crippen molar-refractivity contribution >= 4 is 23.3 Å². The van der Waals surface area contributed by atoms with Gasteiger partial charge in [0.1, 0.15) is 0 Å². The zero-order chi connectivity index (χ0) is 11.5. The Balaban J connectivity index is 2.53. The van der Waals surface area contributed by atoms with Crippen LogP contribution in [0.2, 0.25) is 0 Å². The molecule has 86 valence electrons. The number of anilines is 2. The molecule has 1 unspecified atom stereocenters. The molecule has 0 aromatic carbocycles. The quantitative estimate of drug-likeness (QED) is 0.688. The van der Waals surface area contributed by atoms with Crippen LogP contribution in [0.1, 0.15) is 6.92 Å². The predicted molar refractivity (Wildman–Crippen MR) is 65.1 cm³/mol. The summed E-state index contributed by atoms with van der Waals surface area (Å²) in [5, 5.41) is 17.1. The average Bonchev–Trinajstić information content (AvgIpc) is 2.42. The van der Waals surface area contributed by atoms with Gasteiger partial charge >= 0.3 is 0 Å². The maximum absolute atomic E-state index is 9.91. The number of nitrogens with one attached hydrogen (secondary N) is 1. The maximum Gasteiger partial charge on any atom is 0.171 e. The second-order valence-corrected chi connectivity index (χ2v) is 4.76. The molecule has 0 fully saturated rings. The second-order valence-electron chi connectivity index (χ2n) is 3.89. The summed E-state index contributed by atoms with van der Waals surface area (Å²) >= 11 is 1.61. The van der Waals surface area contributed by atoms with Crippen LogP contribution in [0, 0.1) is 0 Å². The number of thioether (sulfide) groups is 1. The Morgan fingerprint density at radius 1 is 1.73 bits per heavy atom. The first kappa shape index (κ1) is 12.2. The summed E-state index contributed by atoms with van der Waals surface area (Å²) in [5.74, 6) is 1.30. The summed E-state index contributed by atoms with van der Waals surface area (Å²) < 4.78 is 1.64. The molecular weight excluding hydrogens is 212 g/mol. The number of nitrogens with two attached hydrogens (primary N) is 1. The van der Waals surface area contributed by atoms with Gasteiger partial charge in [0.05, 0.1) is 11.3 Å². The Bertz CT molecular complexity index is 324. The van der Waals surface area contributed by atoms with Gasteiger partial charge in [0.15, 0.2) is 5.82 Å². The Hall–Kier alpha value is -0.880. The van der Waals surface area contributed by atoms with Gasteiger partial charge < -0.3 is 16.2 Å². The molecule has 4 N–H and O–H groups in total.